The number of carboxylic acid groups (broad SMARTS) is 1. The van der Waals surface area contributed by atoms with Crippen LogP contribution in [0, 0.1) is 6.92 Å². The van der Waals surface area contributed by atoms with Crippen molar-refractivity contribution >= 4 is 28.6 Å². The molecule has 0 aliphatic heterocycles. The first-order valence-electron chi connectivity index (χ1n) is 5.65. The predicted octanol–water partition coefficient (Wildman–Crippen LogP) is 1.14. The van der Waals surface area contributed by atoms with Gasteiger partial charge < -0.3 is 9.63 Å². The van der Waals surface area contributed by atoms with Gasteiger partial charge in [0.1, 0.15) is 5.76 Å². The van der Waals surface area contributed by atoms with Gasteiger partial charge in [0.15, 0.2) is 11.2 Å². The van der Waals surface area contributed by atoms with E-state index in [-0.39, 0.29) is 22.4 Å². The number of rotatable bonds is 5. The maximum atomic E-state index is 12.1. The van der Waals surface area contributed by atoms with Crippen LogP contribution in [-0.2, 0) is 6.54 Å². The minimum atomic E-state index is -1.20. The second kappa shape index (κ2) is 5.43. The first-order valence-corrected chi connectivity index (χ1v) is 7.05. The van der Waals surface area contributed by atoms with Crippen molar-refractivity contribution < 1.29 is 14.4 Å². The maximum Gasteiger partial charge on any atom is 0.357 e. The molecule has 0 aromatic carbocycles. The number of nitrogens with zero attached hydrogens (tertiary/aromatic N) is 3. The molecule has 0 fully saturated rings. The highest BCUT2D eigenvalue weighted by molar-refractivity contribution is 7.98. The van der Waals surface area contributed by atoms with E-state index in [2.05, 4.69) is 10.3 Å². The molecule has 0 radical (unpaired) electrons. The standard InChI is InChI=1S/C11H13N3O4S/c1-6-7-8(13-18-6)10(15)14(4-3-5-19-2)12-9(7)11(16)17/h3-5H2,1-2H3,(H,16,17). The molecule has 1 N–H and O–H groups in total. The van der Waals surface area contributed by atoms with Gasteiger partial charge in [-0.1, -0.05) is 5.16 Å². The van der Waals surface area contributed by atoms with Gasteiger partial charge in [-0.2, -0.15) is 16.9 Å². The SMILES string of the molecule is CSCCCn1nc(C(=O)O)c2c(C)onc2c1=O. The van der Waals surface area contributed by atoms with E-state index >= 15 is 0 Å². The molecular formula is C11H13N3O4S. The molecule has 0 saturated heterocycles. The molecule has 7 nitrogen and oxygen atoms in total. The second-order valence-electron chi connectivity index (χ2n) is 3.99. The van der Waals surface area contributed by atoms with E-state index in [4.69, 9.17) is 9.63 Å². The van der Waals surface area contributed by atoms with Crippen molar-refractivity contribution in [2.24, 2.45) is 0 Å². The monoisotopic (exact) mass is 283 g/mol. The van der Waals surface area contributed by atoms with Crippen LogP contribution >= 0.6 is 11.8 Å². The van der Waals surface area contributed by atoms with Gasteiger partial charge in [-0.3, -0.25) is 4.79 Å². The molecule has 2 aromatic rings. The third-order valence-corrected chi connectivity index (χ3v) is 3.38. The fourth-order valence-corrected chi connectivity index (χ4v) is 2.21. The van der Waals surface area contributed by atoms with Crippen LogP contribution in [0.3, 0.4) is 0 Å². The number of aromatic nitrogens is 3. The number of hydrogen-bond acceptors (Lipinski definition) is 6. The minimum Gasteiger partial charge on any atom is -0.476 e. The van der Waals surface area contributed by atoms with Gasteiger partial charge in [-0.05, 0) is 25.4 Å². The van der Waals surface area contributed by atoms with Crippen LogP contribution < -0.4 is 5.56 Å². The summed E-state index contributed by atoms with van der Waals surface area (Å²) < 4.78 is 6.04. The van der Waals surface area contributed by atoms with Gasteiger partial charge in [0, 0.05) is 6.54 Å². The van der Waals surface area contributed by atoms with Crippen molar-refractivity contribution in [1.29, 1.82) is 0 Å². The van der Waals surface area contributed by atoms with E-state index in [0.29, 0.717) is 6.54 Å². The Labute approximate surface area is 112 Å². The third-order valence-electron chi connectivity index (χ3n) is 2.68. The lowest BCUT2D eigenvalue weighted by molar-refractivity contribution is 0.0689. The van der Waals surface area contributed by atoms with Crippen molar-refractivity contribution in [3.8, 4) is 0 Å². The average molecular weight is 283 g/mol. The Morgan fingerprint density at radius 1 is 1.53 bits per heavy atom. The van der Waals surface area contributed by atoms with Gasteiger partial charge in [0.2, 0.25) is 0 Å². The average Bonchev–Trinajstić information content (AvgIpc) is 2.75. The Balaban J connectivity index is 2.57. The topological polar surface area (TPSA) is 98.2 Å². The lowest BCUT2D eigenvalue weighted by Gasteiger charge is -2.05. The summed E-state index contributed by atoms with van der Waals surface area (Å²) in [7, 11) is 0. The third kappa shape index (κ3) is 2.48. The van der Waals surface area contributed by atoms with Gasteiger partial charge in [-0.25, -0.2) is 9.48 Å². The Hall–Kier alpha value is -1.83. The van der Waals surface area contributed by atoms with Gasteiger partial charge in [0.05, 0.1) is 5.39 Å². The van der Waals surface area contributed by atoms with Crippen LogP contribution in [0.15, 0.2) is 9.32 Å². The summed E-state index contributed by atoms with van der Waals surface area (Å²) in [6, 6.07) is 0. The molecule has 0 spiro atoms. The number of carboxylic acids is 1. The largest absolute Gasteiger partial charge is 0.476 e. The molecule has 2 aromatic heterocycles. The van der Waals surface area contributed by atoms with E-state index in [1.54, 1.807) is 18.7 Å². The fourth-order valence-electron chi connectivity index (χ4n) is 1.80. The summed E-state index contributed by atoms with van der Waals surface area (Å²) in [5, 5.41) is 16.9. The van der Waals surface area contributed by atoms with Crippen LogP contribution in [0.2, 0.25) is 0 Å². The van der Waals surface area contributed by atoms with Crippen molar-refractivity contribution in [3.05, 3.63) is 21.8 Å². The van der Waals surface area contributed by atoms with E-state index in [0.717, 1.165) is 16.9 Å². The minimum absolute atomic E-state index is 0.0223. The summed E-state index contributed by atoms with van der Waals surface area (Å²) in [4.78, 5) is 23.3. The Morgan fingerprint density at radius 2 is 2.26 bits per heavy atom. The van der Waals surface area contributed by atoms with Gasteiger partial charge >= 0.3 is 5.97 Å². The number of hydrogen-bond donors (Lipinski definition) is 1. The van der Waals surface area contributed by atoms with E-state index in [1.807, 2.05) is 6.26 Å². The number of aryl methyl sites for hydroxylation is 2. The van der Waals surface area contributed by atoms with Crippen molar-refractivity contribution in [2.75, 3.05) is 12.0 Å². The molecule has 0 amide bonds. The molecule has 102 valence electrons. The predicted molar refractivity (Wildman–Crippen MR) is 70.8 cm³/mol. The molecule has 2 heterocycles. The molecule has 0 unspecified atom stereocenters. The quantitative estimate of drug-likeness (QED) is 0.821. The summed E-state index contributed by atoms with van der Waals surface area (Å²) in [6.45, 7) is 1.92. The fraction of sp³-hybridized carbons (Fsp3) is 0.455. The zero-order valence-electron chi connectivity index (χ0n) is 10.5. The molecule has 19 heavy (non-hydrogen) atoms. The van der Waals surface area contributed by atoms with E-state index < -0.39 is 11.5 Å². The van der Waals surface area contributed by atoms with Crippen molar-refractivity contribution in [3.63, 3.8) is 0 Å². The second-order valence-corrected chi connectivity index (χ2v) is 4.98. The summed E-state index contributed by atoms with van der Waals surface area (Å²) >= 11 is 1.65. The zero-order valence-corrected chi connectivity index (χ0v) is 11.4. The molecule has 0 atom stereocenters. The van der Waals surface area contributed by atoms with Crippen LogP contribution in [0.25, 0.3) is 10.9 Å². The first kappa shape index (κ1) is 13.6. The molecule has 0 aliphatic carbocycles. The van der Waals surface area contributed by atoms with Gasteiger partial charge in [0.25, 0.3) is 5.56 Å². The summed E-state index contributed by atoms with van der Waals surface area (Å²) in [6.07, 6.45) is 2.69. The van der Waals surface area contributed by atoms with E-state index in [9.17, 15) is 9.59 Å². The van der Waals surface area contributed by atoms with Crippen molar-refractivity contribution in [1.82, 2.24) is 14.9 Å². The molecule has 8 heteroatoms. The van der Waals surface area contributed by atoms with Crippen LogP contribution in [-0.4, -0.2) is 38.0 Å². The molecular weight excluding hydrogens is 270 g/mol. The van der Waals surface area contributed by atoms with Crippen LogP contribution in [0.5, 0.6) is 0 Å². The normalized spacial score (nSPS) is 11.1. The zero-order chi connectivity index (χ0) is 14.0. The number of fused-ring (bicyclic) bond motifs is 1. The Morgan fingerprint density at radius 3 is 2.89 bits per heavy atom. The molecule has 0 bridgehead atoms. The maximum absolute atomic E-state index is 12.1. The van der Waals surface area contributed by atoms with Crippen LogP contribution in [0.1, 0.15) is 22.7 Å². The summed E-state index contributed by atoms with van der Waals surface area (Å²) in [5.41, 5.74) is -0.593. The first-order chi connectivity index (χ1) is 9.06. The molecule has 2 rings (SSSR count). The molecule has 0 aliphatic rings. The number of carbonyl (C=O) groups is 1. The van der Waals surface area contributed by atoms with Crippen molar-refractivity contribution in [2.45, 2.75) is 19.9 Å². The smallest absolute Gasteiger partial charge is 0.357 e. The van der Waals surface area contributed by atoms with E-state index in [1.165, 1.54) is 0 Å². The van der Waals surface area contributed by atoms with Gasteiger partial charge in [-0.15, -0.1) is 0 Å². The highest BCUT2D eigenvalue weighted by atomic mass is 32.2. The highest BCUT2D eigenvalue weighted by Crippen LogP contribution is 2.17. The summed E-state index contributed by atoms with van der Waals surface area (Å²) in [5.74, 6) is -0.0463. The Bertz CT molecular complexity index is 676. The highest BCUT2D eigenvalue weighted by Gasteiger charge is 2.21. The number of thioether (sulfide) groups is 1. The number of aromatic carboxylic acids is 1. The lowest BCUT2D eigenvalue weighted by atomic mass is 10.2. The Kier molecular flexibility index (Phi) is 3.89. The molecule has 0 saturated carbocycles. The van der Waals surface area contributed by atoms with Crippen LogP contribution in [0.4, 0.5) is 0 Å². The lowest BCUT2D eigenvalue weighted by Crippen LogP contribution is -2.26.